The van der Waals surface area contributed by atoms with Crippen LogP contribution in [0.4, 0.5) is 0 Å². The number of carbonyl (C=O) groups excluding carboxylic acids is 4. The molecule has 0 aliphatic heterocycles. The van der Waals surface area contributed by atoms with Gasteiger partial charge in [-0.2, -0.15) is 0 Å². The van der Waals surface area contributed by atoms with Crippen LogP contribution in [0.2, 0.25) is 0 Å². The molecule has 0 fully saturated rings. The van der Waals surface area contributed by atoms with Gasteiger partial charge in [-0.15, -0.1) is 0 Å². The molecule has 0 aromatic heterocycles. The molecule has 3 aromatic rings. The summed E-state index contributed by atoms with van der Waals surface area (Å²) in [6.45, 7) is 2.87. The van der Waals surface area contributed by atoms with Gasteiger partial charge >= 0.3 is 19.5 Å². The van der Waals surface area contributed by atoms with Crippen molar-refractivity contribution in [2.75, 3.05) is 26.3 Å². The van der Waals surface area contributed by atoms with Crippen molar-refractivity contribution in [2.24, 2.45) is 21.5 Å². The number of esters is 2. The fraction of sp³-hybridized carbons (Fsp3) is 0.455. The molecule has 4 unspecified atom stereocenters. The van der Waals surface area contributed by atoms with Crippen molar-refractivity contribution < 1.29 is 52.3 Å². The Morgan fingerprint density at radius 1 is 0.710 bits per heavy atom. The predicted molar refractivity (Wildman–Crippen MR) is 252 cm³/mol. The van der Waals surface area contributed by atoms with E-state index in [4.69, 9.17) is 30.0 Å². The van der Waals surface area contributed by atoms with Crippen LogP contribution in [0.1, 0.15) is 81.0 Å². The number of hydrogen-bond acceptors (Lipinski definition) is 16. The summed E-state index contributed by atoms with van der Waals surface area (Å²) in [5, 5.41) is 27.1. The minimum atomic E-state index is -4.16. The minimum absolute atomic E-state index is 0.00967. The molecule has 4 atom stereocenters. The second kappa shape index (κ2) is 27.7. The number of hydrazine groups is 2. The highest BCUT2D eigenvalue weighted by molar-refractivity contribution is 7.55. The molecule has 0 saturated carbocycles. The molecule has 0 heterocycles. The van der Waals surface area contributed by atoms with Crippen LogP contribution in [-0.4, -0.2) is 90.2 Å². The maximum absolute atomic E-state index is 15.0. The van der Waals surface area contributed by atoms with Crippen LogP contribution < -0.4 is 38.3 Å². The first-order chi connectivity index (χ1) is 33.1. The monoisotopic (exact) mass is 981 g/mol. The Hall–Kier alpha value is -7.01. The molecule has 0 radical (unpaired) electrons. The Morgan fingerprint density at radius 3 is 1.75 bits per heavy atom. The standard InChI is InChI=1S/C44H60N11O13P/c1-3-67-69(64,68-4-2)44(26-25-33-19-11-12-20-34(33)44)51-36(21-13-27-47-42(45)52-54(60)61)40(58)49-35(23-24-38(56)65-29-31-15-7-5-8-16-31)39(57)50-37(22-14-28-48-43(46)53-55(62)63)41(59)66-30-32-17-9-6-10-18-32/h5-12,15-20,35-37,51H,3-4,13-14,21-30H2,1-2H3,(H,49,58)(H,50,57)(H3,45,47,52)(H3,46,48,53). The van der Waals surface area contributed by atoms with Crippen LogP contribution in [0, 0.1) is 20.2 Å². The Bertz CT molecular complexity index is 2300. The van der Waals surface area contributed by atoms with Gasteiger partial charge < -0.3 is 40.6 Å². The van der Waals surface area contributed by atoms with Crippen LogP contribution in [-0.2, 0) is 67.2 Å². The Labute approximate surface area is 398 Å². The number of guanidine groups is 2. The van der Waals surface area contributed by atoms with Gasteiger partial charge in [0.15, 0.2) is 10.1 Å². The van der Waals surface area contributed by atoms with E-state index < -0.39 is 76.7 Å². The average Bonchev–Trinajstić information content (AvgIpc) is 3.70. The number of aliphatic imine (C=N–C) groups is 2. The van der Waals surface area contributed by atoms with E-state index in [1.165, 1.54) is 0 Å². The summed E-state index contributed by atoms with van der Waals surface area (Å²) in [5.41, 5.74) is 17.4. The number of nitrogens with two attached hydrogens (primary N) is 2. The number of amides is 2. The topological polar surface area (TPSA) is 345 Å². The van der Waals surface area contributed by atoms with Gasteiger partial charge in [-0.05, 0) is 81.0 Å². The molecule has 1 aliphatic carbocycles. The third-order valence-corrected chi connectivity index (χ3v) is 13.4. The Morgan fingerprint density at radius 2 is 1.20 bits per heavy atom. The fourth-order valence-electron chi connectivity index (χ4n) is 7.47. The molecule has 24 nitrogen and oxygen atoms in total. The lowest BCUT2D eigenvalue weighted by molar-refractivity contribution is -0.525. The van der Waals surface area contributed by atoms with Crippen molar-refractivity contribution in [3.8, 4) is 0 Å². The van der Waals surface area contributed by atoms with Crippen LogP contribution in [0.15, 0.2) is 94.9 Å². The molecule has 0 saturated heterocycles. The number of ether oxygens (including phenoxy) is 2. The molecule has 374 valence electrons. The van der Waals surface area contributed by atoms with Gasteiger partial charge in [-0.25, -0.2) is 35.0 Å². The summed E-state index contributed by atoms with van der Waals surface area (Å²) in [5.74, 6) is -4.21. The molecule has 69 heavy (non-hydrogen) atoms. The lowest BCUT2D eigenvalue weighted by Crippen LogP contribution is -2.58. The van der Waals surface area contributed by atoms with Gasteiger partial charge in [-0.1, -0.05) is 95.8 Å². The molecule has 1 aliphatic rings. The number of aryl methyl sites for hydroxylation is 1. The zero-order valence-electron chi connectivity index (χ0n) is 38.4. The van der Waals surface area contributed by atoms with Gasteiger partial charge in [0.05, 0.1) is 19.3 Å². The summed E-state index contributed by atoms with van der Waals surface area (Å²) in [6, 6.07) is 20.6. The summed E-state index contributed by atoms with van der Waals surface area (Å²) >= 11 is 0. The number of benzene rings is 3. The second-order valence-electron chi connectivity index (χ2n) is 15.5. The van der Waals surface area contributed by atoms with Gasteiger partial charge in [-0.3, -0.25) is 24.3 Å². The molecule has 9 N–H and O–H groups in total. The second-order valence-corrected chi connectivity index (χ2v) is 17.8. The van der Waals surface area contributed by atoms with Crippen molar-refractivity contribution in [2.45, 2.75) is 102 Å². The van der Waals surface area contributed by atoms with E-state index in [-0.39, 0.29) is 84.5 Å². The smallest absolute Gasteiger partial charge is 0.355 e. The highest BCUT2D eigenvalue weighted by atomic mass is 31.2. The molecule has 25 heteroatoms. The number of nitrogens with one attached hydrogen (secondary N) is 5. The zero-order valence-corrected chi connectivity index (χ0v) is 39.3. The average molecular weight is 982 g/mol. The van der Waals surface area contributed by atoms with E-state index in [9.17, 15) is 39.4 Å². The van der Waals surface area contributed by atoms with Gasteiger partial charge in [0.1, 0.15) is 30.6 Å². The first-order valence-electron chi connectivity index (χ1n) is 22.3. The normalized spacial score (nSPS) is 16.0. The van der Waals surface area contributed by atoms with Crippen molar-refractivity contribution >= 4 is 43.3 Å². The van der Waals surface area contributed by atoms with Crippen LogP contribution in [0.3, 0.4) is 0 Å². The fourth-order valence-corrected chi connectivity index (χ4v) is 9.88. The van der Waals surface area contributed by atoms with Crippen molar-refractivity contribution in [1.82, 2.24) is 26.8 Å². The highest BCUT2D eigenvalue weighted by Crippen LogP contribution is 2.68. The summed E-state index contributed by atoms with van der Waals surface area (Å²) in [7, 11) is -4.16. The maximum Gasteiger partial charge on any atom is 0.355 e. The molecule has 0 spiro atoms. The zero-order chi connectivity index (χ0) is 50.2. The number of hydrogen-bond donors (Lipinski definition) is 7. The lowest BCUT2D eigenvalue weighted by atomic mass is 10.0. The molecular formula is C44H60N11O13P. The minimum Gasteiger partial charge on any atom is -0.461 e. The van der Waals surface area contributed by atoms with Crippen molar-refractivity contribution in [1.29, 1.82) is 0 Å². The highest BCUT2D eigenvalue weighted by Gasteiger charge is 2.57. The number of nitrogens with zero attached hydrogens (tertiary/aromatic N) is 4. The Kier molecular flexibility index (Phi) is 21.9. The van der Waals surface area contributed by atoms with Crippen LogP contribution in [0.5, 0.6) is 0 Å². The SMILES string of the molecule is CCOP(=O)(OCC)C1(NC(CCCN=C(N)N[N+](=O)[O-])C(=O)NC(CCC(=O)OCc2ccccc2)C(=O)NC(CCCN=C(N)N[N+](=O)[O-])C(=O)OCc2ccccc2)CCc2ccccc21. The van der Waals surface area contributed by atoms with Crippen LogP contribution >= 0.6 is 7.60 Å². The first kappa shape index (κ1) is 54.6. The first-order valence-corrected chi connectivity index (χ1v) is 23.8. The summed E-state index contributed by atoms with van der Waals surface area (Å²) in [4.78, 5) is 85.7. The van der Waals surface area contributed by atoms with E-state index in [0.717, 1.165) is 5.56 Å². The number of nitro groups is 2. The molecule has 3 aromatic carbocycles. The van der Waals surface area contributed by atoms with E-state index in [1.54, 1.807) is 97.5 Å². The van der Waals surface area contributed by atoms with E-state index in [1.807, 2.05) is 12.1 Å². The van der Waals surface area contributed by atoms with Crippen molar-refractivity contribution in [3.05, 3.63) is 127 Å². The third-order valence-electron chi connectivity index (χ3n) is 10.6. The van der Waals surface area contributed by atoms with Gasteiger partial charge in [0.2, 0.25) is 11.8 Å². The summed E-state index contributed by atoms with van der Waals surface area (Å²) < 4.78 is 37.9. The Balaban J connectivity index is 1.69. The van der Waals surface area contributed by atoms with E-state index in [0.29, 0.717) is 23.1 Å². The largest absolute Gasteiger partial charge is 0.461 e. The van der Waals surface area contributed by atoms with Gasteiger partial charge in [0.25, 0.3) is 11.9 Å². The van der Waals surface area contributed by atoms with Crippen molar-refractivity contribution in [3.63, 3.8) is 0 Å². The number of fused-ring (bicyclic) bond motifs is 1. The van der Waals surface area contributed by atoms with E-state index in [2.05, 4.69) is 25.9 Å². The molecule has 2 amide bonds. The third kappa shape index (κ3) is 17.2. The maximum atomic E-state index is 15.0. The number of carbonyl (C=O) groups is 4. The summed E-state index contributed by atoms with van der Waals surface area (Å²) in [6.07, 6.45) is -0.104. The lowest BCUT2D eigenvalue weighted by Gasteiger charge is -2.40. The predicted octanol–water partition coefficient (Wildman–Crippen LogP) is 3.00. The molecule has 4 rings (SSSR count). The van der Waals surface area contributed by atoms with E-state index >= 15 is 4.57 Å². The van der Waals surface area contributed by atoms with Gasteiger partial charge in [0, 0.05) is 19.5 Å². The molecular weight excluding hydrogens is 922 g/mol. The number of rotatable bonds is 29. The molecule has 0 bridgehead atoms. The van der Waals surface area contributed by atoms with Crippen LogP contribution in [0.25, 0.3) is 0 Å². The quantitative estimate of drug-likeness (QED) is 0.00999.